The molecule has 0 spiro atoms. The molecule has 152 valence electrons. The summed E-state index contributed by atoms with van der Waals surface area (Å²) >= 11 is 0. The van der Waals surface area contributed by atoms with Crippen LogP contribution < -0.4 is 10.9 Å². The van der Waals surface area contributed by atoms with Crippen LogP contribution in [0.1, 0.15) is 24.5 Å². The number of nitrogens with one attached hydrogen (secondary N) is 1. The molecule has 30 heavy (non-hydrogen) atoms. The third-order valence-corrected chi connectivity index (χ3v) is 5.09. The van der Waals surface area contributed by atoms with Crippen molar-refractivity contribution in [3.8, 4) is 5.69 Å². The standard InChI is InChI=1S/C23H23N5O2/c1-3-17-6-4-5-7-20(17)26-21(29)12-13-27-15-24-22-19(23(27)30)14-25-28(22)18-10-8-16(2)9-11-18/h4-11,14-15H,3,12-13H2,1-2H3,(H,26,29). The zero-order chi connectivity index (χ0) is 21.1. The summed E-state index contributed by atoms with van der Waals surface area (Å²) < 4.78 is 3.10. The largest absolute Gasteiger partial charge is 0.326 e. The Bertz CT molecular complexity index is 1250. The van der Waals surface area contributed by atoms with Crippen molar-refractivity contribution in [1.82, 2.24) is 19.3 Å². The number of nitrogens with zero attached hydrogens (tertiary/aromatic N) is 4. The molecule has 7 nitrogen and oxygen atoms in total. The van der Waals surface area contributed by atoms with Gasteiger partial charge in [-0.05, 0) is 37.1 Å². The fraction of sp³-hybridized carbons (Fsp3) is 0.217. The van der Waals surface area contributed by atoms with Gasteiger partial charge in [0.1, 0.15) is 5.39 Å². The lowest BCUT2D eigenvalue weighted by molar-refractivity contribution is -0.116. The van der Waals surface area contributed by atoms with E-state index in [1.165, 1.54) is 17.1 Å². The first-order valence-electron chi connectivity index (χ1n) is 9.95. The van der Waals surface area contributed by atoms with Gasteiger partial charge in [-0.3, -0.25) is 14.2 Å². The van der Waals surface area contributed by atoms with E-state index in [9.17, 15) is 9.59 Å². The number of amides is 1. The Morgan fingerprint density at radius 1 is 1.10 bits per heavy atom. The molecule has 2 heterocycles. The molecule has 0 atom stereocenters. The van der Waals surface area contributed by atoms with Crippen LogP contribution in [0.2, 0.25) is 0 Å². The van der Waals surface area contributed by atoms with Crippen LogP contribution in [0.3, 0.4) is 0 Å². The molecule has 0 saturated heterocycles. The second-order valence-corrected chi connectivity index (χ2v) is 7.18. The molecule has 2 aromatic heterocycles. The van der Waals surface area contributed by atoms with Crippen LogP contribution in [-0.2, 0) is 17.8 Å². The number of carbonyl (C=O) groups is 1. The highest BCUT2D eigenvalue weighted by Gasteiger charge is 2.13. The lowest BCUT2D eigenvalue weighted by atomic mass is 10.1. The molecule has 0 saturated carbocycles. The predicted octanol–water partition coefficient (Wildman–Crippen LogP) is 3.48. The maximum atomic E-state index is 12.8. The molecule has 0 aliphatic rings. The van der Waals surface area contributed by atoms with E-state index >= 15 is 0 Å². The predicted molar refractivity (Wildman–Crippen MR) is 117 cm³/mol. The lowest BCUT2D eigenvalue weighted by Gasteiger charge is -2.10. The molecule has 0 radical (unpaired) electrons. The number of aromatic nitrogens is 4. The third-order valence-electron chi connectivity index (χ3n) is 5.09. The first kappa shape index (κ1) is 19.6. The maximum absolute atomic E-state index is 12.8. The quantitative estimate of drug-likeness (QED) is 0.536. The molecular formula is C23H23N5O2. The minimum Gasteiger partial charge on any atom is -0.326 e. The van der Waals surface area contributed by atoms with Gasteiger partial charge in [0.15, 0.2) is 5.65 Å². The summed E-state index contributed by atoms with van der Waals surface area (Å²) in [5.74, 6) is -0.141. The fourth-order valence-corrected chi connectivity index (χ4v) is 3.37. The van der Waals surface area contributed by atoms with Gasteiger partial charge in [-0.2, -0.15) is 5.10 Å². The number of anilines is 1. The van der Waals surface area contributed by atoms with Gasteiger partial charge in [-0.25, -0.2) is 9.67 Å². The number of hydrogen-bond donors (Lipinski definition) is 1. The average Bonchev–Trinajstić information content (AvgIpc) is 3.19. The van der Waals surface area contributed by atoms with Gasteiger partial charge in [-0.1, -0.05) is 42.8 Å². The Morgan fingerprint density at radius 2 is 1.87 bits per heavy atom. The van der Waals surface area contributed by atoms with Crippen molar-refractivity contribution < 1.29 is 4.79 Å². The average molecular weight is 401 g/mol. The third kappa shape index (κ3) is 3.87. The Balaban J connectivity index is 1.51. The van der Waals surface area contributed by atoms with Crippen LogP contribution in [0.25, 0.3) is 16.7 Å². The molecule has 0 aliphatic heterocycles. The molecule has 0 bridgehead atoms. The Hall–Kier alpha value is -3.74. The molecule has 0 aliphatic carbocycles. The Labute approximate surface area is 174 Å². The van der Waals surface area contributed by atoms with E-state index < -0.39 is 0 Å². The van der Waals surface area contributed by atoms with Gasteiger partial charge in [0.2, 0.25) is 5.91 Å². The van der Waals surface area contributed by atoms with Gasteiger partial charge < -0.3 is 5.32 Å². The highest BCUT2D eigenvalue weighted by atomic mass is 16.2. The van der Waals surface area contributed by atoms with Gasteiger partial charge in [0.25, 0.3) is 5.56 Å². The van der Waals surface area contributed by atoms with E-state index in [1.807, 2.05) is 62.4 Å². The Kier molecular flexibility index (Phi) is 5.43. The second kappa shape index (κ2) is 8.32. The van der Waals surface area contributed by atoms with Crippen LogP contribution in [0.5, 0.6) is 0 Å². The van der Waals surface area contributed by atoms with E-state index in [-0.39, 0.29) is 24.4 Å². The highest BCUT2D eigenvalue weighted by Crippen LogP contribution is 2.16. The number of carbonyl (C=O) groups excluding carboxylic acids is 1. The number of hydrogen-bond acceptors (Lipinski definition) is 4. The molecule has 4 aromatic rings. The SMILES string of the molecule is CCc1ccccc1NC(=O)CCn1cnc2c(cnn2-c2ccc(C)cc2)c1=O. The minimum absolute atomic E-state index is 0.141. The Morgan fingerprint density at radius 3 is 2.63 bits per heavy atom. The van der Waals surface area contributed by atoms with Gasteiger partial charge in [-0.15, -0.1) is 0 Å². The van der Waals surface area contributed by atoms with Crippen molar-refractivity contribution in [2.24, 2.45) is 0 Å². The summed E-state index contributed by atoms with van der Waals surface area (Å²) in [6.07, 6.45) is 4.02. The van der Waals surface area contributed by atoms with Crippen LogP contribution in [-0.4, -0.2) is 25.2 Å². The van der Waals surface area contributed by atoms with Gasteiger partial charge >= 0.3 is 0 Å². The maximum Gasteiger partial charge on any atom is 0.264 e. The normalized spacial score (nSPS) is 11.0. The molecule has 0 fully saturated rings. The van der Waals surface area contributed by atoms with E-state index in [1.54, 1.807) is 4.68 Å². The number of rotatable bonds is 6. The molecule has 4 rings (SSSR count). The van der Waals surface area contributed by atoms with Crippen molar-refractivity contribution in [1.29, 1.82) is 0 Å². The van der Waals surface area contributed by atoms with E-state index in [4.69, 9.17) is 0 Å². The van der Waals surface area contributed by atoms with Crippen LogP contribution in [0.4, 0.5) is 5.69 Å². The first-order valence-corrected chi connectivity index (χ1v) is 9.95. The minimum atomic E-state index is -0.208. The van der Waals surface area contributed by atoms with Crippen molar-refractivity contribution in [3.63, 3.8) is 0 Å². The van der Waals surface area contributed by atoms with E-state index in [0.29, 0.717) is 11.0 Å². The van der Waals surface area contributed by atoms with Crippen LogP contribution >= 0.6 is 0 Å². The zero-order valence-electron chi connectivity index (χ0n) is 17.0. The summed E-state index contributed by atoms with van der Waals surface area (Å²) in [5, 5.41) is 7.68. The van der Waals surface area contributed by atoms with Gasteiger partial charge in [0, 0.05) is 18.7 Å². The van der Waals surface area contributed by atoms with Crippen molar-refractivity contribution in [2.45, 2.75) is 33.2 Å². The number of fused-ring (bicyclic) bond motifs is 1. The summed E-state index contributed by atoms with van der Waals surface area (Å²) in [4.78, 5) is 29.6. The van der Waals surface area contributed by atoms with Crippen LogP contribution in [0.15, 0.2) is 65.8 Å². The molecule has 2 aromatic carbocycles. The topological polar surface area (TPSA) is 81.8 Å². The summed E-state index contributed by atoms with van der Waals surface area (Å²) in [6.45, 7) is 4.30. The van der Waals surface area contributed by atoms with E-state index in [0.717, 1.165) is 28.9 Å². The lowest BCUT2D eigenvalue weighted by Crippen LogP contribution is -2.23. The monoisotopic (exact) mass is 401 g/mol. The second-order valence-electron chi connectivity index (χ2n) is 7.18. The number of para-hydroxylation sites is 1. The molecular weight excluding hydrogens is 378 g/mol. The molecule has 1 N–H and O–H groups in total. The molecule has 0 unspecified atom stereocenters. The van der Waals surface area contributed by atoms with Crippen molar-refractivity contribution in [2.75, 3.05) is 5.32 Å². The fourth-order valence-electron chi connectivity index (χ4n) is 3.37. The van der Waals surface area contributed by atoms with Gasteiger partial charge in [0.05, 0.1) is 18.2 Å². The smallest absolute Gasteiger partial charge is 0.264 e. The highest BCUT2D eigenvalue weighted by molar-refractivity contribution is 5.91. The molecule has 1 amide bonds. The number of aryl methyl sites for hydroxylation is 3. The zero-order valence-corrected chi connectivity index (χ0v) is 17.0. The summed E-state index contributed by atoms with van der Waals surface area (Å²) in [6, 6.07) is 15.6. The van der Waals surface area contributed by atoms with Crippen LogP contribution in [0, 0.1) is 6.92 Å². The first-order chi connectivity index (χ1) is 14.6. The van der Waals surface area contributed by atoms with E-state index in [2.05, 4.69) is 15.4 Å². The summed E-state index contributed by atoms with van der Waals surface area (Å²) in [5.41, 5.74) is 4.17. The van der Waals surface area contributed by atoms with Crippen molar-refractivity contribution >= 4 is 22.6 Å². The molecule has 7 heteroatoms. The summed E-state index contributed by atoms with van der Waals surface area (Å²) in [7, 11) is 0. The van der Waals surface area contributed by atoms with Crippen molar-refractivity contribution in [3.05, 3.63) is 82.5 Å². The number of benzene rings is 2.